The van der Waals surface area contributed by atoms with Crippen molar-refractivity contribution < 1.29 is 9.00 Å². The molecule has 2 heterocycles. The van der Waals surface area contributed by atoms with E-state index in [4.69, 9.17) is 28.9 Å². The van der Waals surface area contributed by atoms with Crippen LogP contribution < -0.4 is 11.1 Å². The predicted molar refractivity (Wildman–Crippen MR) is 145 cm³/mol. The molecule has 186 valence electrons. The molecular formula is C25H28Cl2N4O2S2. The van der Waals surface area contributed by atoms with Gasteiger partial charge in [-0.1, -0.05) is 41.4 Å². The zero-order valence-corrected chi connectivity index (χ0v) is 22.4. The average Bonchev–Trinajstić information content (AvgIpc) is 3.29. The summed E-state index contributed by atoms with van der Waals surface area (Å²) >= 11 is 13.5. The first kappa shape index (κ1) is 26.1. The Morgan fingerprint density at radius 2 is 1.89 bits per heavy atom. The highest BCUT2D eigenvalue weighted by molar-refractivity contribution is 7.85. The number of amides is 1. The van der Waals surface area contributed by atoms with Crippen molar-refractivity contribution in [1.29, 1.82) is 0 Å². The van der Waals surface area contributed by atoms with Gasteiger partial charge in [-0.3, -0.25) is 13.9 Å². The van der Waals surface area contributed by atoms with Crippen LogP contribution in [0.15, 0.2) is 52.7 Å². The summed E-state index contributed by atoms with van der Waals surface area (Å²) in [6.45, 7) is 2.65. The van der Waals surface area contributed by atoms with E-state index in [-0.39, 0.29) is 11.9 Å². The maximum Gasteiger partial charge on any atom is 0.220 e. The molecule has 1 unspecified atom stereocenters. The molecule has 10 heteroatoms. The Morgan fingerprint density at radius 3 is 2.54 bits per heavy atom. The molecule has 0 spiro atoms. The Bertz CT molecular complexity index is 1180. The molecule has 2 aromatic carbocycles. The molecule has 1 amide bonds. The number of hydrogen-bond donors (Lipinski definition) is 2. The van der Waals surface area contributed by atoms with Crippen LogP contribution in [0.1, 0.15) is 31.2 Å². The molecule has 35 heavy (non-hydrogen) atoms. The van der Waals surface area contributed by atoms with Gasteiger partial charge in [-0.05, 0) is 49.1 Å². The first-order valence-electron chi connectivity index (χ1n) is 11.5. The molecule has 3 N–H and O–H groups in total. The number of hydrogen-bond acceptors (Lipinski definition) is 6. The number of anilines is 1. The Hall–Kier alpha value is -1.97. The third-order valence-electron chi connectivity index (χ3n) is 6.01. The normalized spacial score (nSPS) is 15.7. The monoisotopic (exact) mass is 550 g/mol. The van der Waals surface area contributed by atoms with Crippen LogP contribution in [0.5, 0.6) is 0 Å². The van der Waals surface area contributed by atoms with Gasteiger partial charge in [0.25, 0.3) is 0 Å². The molecule has 1 aromatic heterocycles. The molecule has 0 radical (unpaired) electrons. The Labute approximate surface area is 222 Å². The van der Waals surface area contributed by atoms with Gasteiger partial charge in [-0.25, -0.2) is 4.98 Å². The first-order valence-corrected chi connectivity index (χ1v) is 14.5. The predicted octanol–water partition coefficient (Wildman–Crippen LogP) is 5.37. The lowest BCUT2D eigenvalue weighted by Gasteiger charge is -2.32. The number of aromatic nitrogens is 1. The fraction of sp³-hybridized carbons (Fsp3) is 0.360. The van der Waals surface area contributed by atoms with E-state index in [2.05, 4.69) is 15.2 Å². The summed E-state index contributed by atoms with van der Waals surface area (Å²) in [5.41, 5.74) is 8.59. The van der Waals surface area contributed by atoms with E-state index in [1.165, 1.54) is 11.3 Å². The number of piperidine rings is 1. The summed E-state index contributed by atoms with van der Waals surface area (Å²) in [5.74, 6) is 0.486. The summed E-state index contributed by atoms with van der Waals surface area (Å²) in [7, 11) is -1.14. The fourth-order valence-corrected chi connectivity index (χ4v) is 6.09. The molecule has 6 nitrogen and oxygen atoms in total. The van der Waals surface area contributed by atoms with Crippen molar-refractivity contribution >= 4 is 56.4 Å². The highest BCUT2D eigenvalue weighted by Gasteiger charge is 2.21. The van der Waals surface area contributed by atoms with Gasteiger partial charge in [0.05, 0.1) is 26.5 Å². The van der Waals surface area contributed by atoms with Gasteiger partial charge in [0.1, 0.15) is 0 Å². The summed E-state index contributed by atoms with van der Waals surface area (Å²) in [4.78, 5) is 19.8. The van der Waals surface area contributed by atoms with E-state index >= 15 is 0 Å². The minimum Gasteiger partial charge on any atom is -0.375 e. The molecular weight excluding hydrogens is 523 g/mol. The van der Waals surface area contributed by atoms with Crippen LogP contribution in [-0.2, 0) is 22.1 Å². The highest BCUT2D eigenvalue weighted by atomic mass is 35.5. The second-order valence-corrected chi connectivity index (χ2v) is 11.9. The second kappa shape index (κ2) is 12.3. The SMILES string of the molecule is Nc1nc(-c2ccc(S(=O)CCCC(=O)NC3CCN(Cc4ccc(Cl)c(Cl)c4)CC3)cc2)cs1. The zero-order chi connectivity index (χ0) is 24.8. The van der Waals surface area contributed by atoms with Crippen molar-refractivity contribution in [2.45, 2.75) is 43.2 Å². The molecule has 1 aliphatic rings. The minimum atomic E-state index is -1.14. The average molecular weight is 552 g/mol. The van der Waals surface area contributed by atoms with Crippen LogP contribution in [-0.4, -0.2) is 44.9 Å². The van der Waals surface area contributed by atoms with Gasteiger partial charge >= 0.3 is 0 Å². The topological polar surface area (TPSA) is 88.3 Å². The van der Waals surface area contributed by atoms with Crippen LogP contribution in [0.25, 0.3) is 11.3 Å². The maximum absolute atomic E-state index is 12.6. The van der Waals surface area contributed by atoms with E-state index < -0.39 is 10.8 Å². The van der Waals surface area contributed by atoms with Crippen molar-refractivity contribution in [3.63, 3.8) is 0 Å². The number of nitrogen functional groups attached to an aromatic ring is 1. The van der Waals surface area contributed by atoms with E-state index in [0.717, 1.165) is 54.2 Å². The number of likely N-dealkylation sites (tertiary alicyclic amines) is 1. The molecule has 4 rings (SSSR count). The largest absolute Gasteiger partial charge is 0.375 e. The van der Waals surface area contributed by atoms with Crippen molar-refractivity contribution in [2.75, 3.05) is 24.6 Å². The zero-order valence-electron chi connectivity index (χ0n) is 19.2. The Balaban J connectivity index is 1.14. The third kappa shape index (κ3) is 7.51. The summed E-state index contributed by atoms with van der Waals surface area (Å²) in [6.07, 6.45) is 2.79. The van der Waals surface area contributed by atoms with Crippen molar-refractivity contribution in [3.8, 4) is 11.3 Å². The molecule has 1 saturated heterocycles. The first-order chi connectivity index (χ1) is 16.9. The highest BCUT2D eigenvalue weighted by Crippen LogP contribution is 2.25. The van der Waals surface area contributed by atoms with Crippen LogP contribution in [0.4, 0.5) is 5.13 Å². The number of carbonyl (C=O) groups is 1. The standard InChI is InChI=1S/C25H28Cl2N4O2S2/c26-21-8-3-17(14-22(21)27)15-31-11-9-19(10-12-31)29-24(32)2-1-13-35(33)20-6-4-18(5-7-20)23-16-34-25(28)30-23/h3-8,14,16,19H,1-2,9-13,15H2,(H2,28,30)(H,29,32). The summed E-state index contributed by atoms with van der Waals surface area (Å²) in [5, 5.41) is 6.71. The maximum atomic E-state index is 12.6. The lowest BCUT2D eigenvalue weighted by atomic mass is 10.0. The number of carbonyl (C=O) groups excluding carboxylic acids is 1. The van der Waals surface area contributed by atoms with Crippen molar-refractivity contribution in [2.24, 2.45) is 0 Å². The number of benzene rings is 2. The van der Waals surface area contributed by atoms with E-state index in [0.29, 0.717) is 33.8 Å². The van der Waals surface area contributed by atoms with Gasteiger partial charge in [0.2, 0.25) is 5.91 Å². The van der Waals surface area contributed by atoms with Gasteiger partial charge in [-0.2, -0.15) is 0 Å². The molecule has 1 fully saturated rings. The molecule has 1 aliphatic heterocycles. The van der Waals surface area contributed by atoms with Gasteiger partial charge in [0, 0.05) is 53.7 Å². The van der Waals surface area contributed by atoms with E-state index in [1.54, 1.807) is 0 Å². The van der Waals surface area contributed by atoms with Gasteiger partial charge < -0.3 is 11.1 Å². The molecule has 0 bridgehead atoms. The van der Waals surface area contributed by atoms with Crippen molar-refractivity contribution in [3.05, 3.63) is 63.5 Å². The molecule has 0 saturated carbocycles. The molecule has 0 aliphatic carbocycles. The van der Waals surface area contributed by atoms with Gasteiger partial charge in [-0.15, -0.1) is 11.3 Å². The smallest absolute Gasteiger partial charge is 0.220 e. The van der Waals surface area contributed by atoms with Crippen LogP contribution in [0.3, 0.4) is 0 Å². The lowest BCUT2D eigenvalue weighted by molar-refractivity contribution is -0.122. The summed E-state index contributed by atoms with van der Waals surface area (Å²) < 4.78 is 12.6. The van der Waals surface area contributed by atoms with E-state index in [1.807, 2.05) is 47.8 Å². The minimum absolute atomic E-state index is 0.0291. The van der Waals surface area contributed by atoms with Crippen LogP contribution >= 0.6 is 34.5 Å². The van der Waals surface area contributed by atoms with Gasteiger partial charge in [0.15, 0.2) is 5.13 Å². The second-order valence-electron chi connectivity index (χ2n) is 8.61. The Morgan fingerprint density at radius 1 is 1.14 bits per heavy atom. The molecule has 3 aromatic rings. The van der Waals surface area contributed by atoms with E-state index in [9.17, 15) is 9.00 Å². The quantitative estimate of drug-likeness (QED) is 0.374. The number of nitrogens with one attached hydrogen (secondary N) is 1. The number of halogens is 2. The number of rotatable bonds is 9. The van der Waals surface area contributed by atoms with Crippen LogP contribution in [0.2, 0.25) is 10.0 Å². The fourth-order valence-electron chi connectivity index (χ4n) is 4.11. The summed E-state index contributed by atoms with van der Waals surface area (Å²) in [6, 6.07) is 13.4. The van der Waals surface area contributed by atoms with Crippen LogP contribution in [0, 0.1) is 0 Å². The number of nitrogens with two attached hydrogens (primary N) is 1. The Kier molecular flexibility index (Phi) is 9.19. The number of nitrogens with zero attached hydrogens (tertiary/aromatic N) is 2. The molecule has 1 atom stereocenters. The third-order valence-corrected chi connectivity index (χ3v) is 8.88. The number of thiazole rings is 1. The van der Waals surface area contributed by atoms with Crippen molar-refractivity contribution in [1.82, 2.24) is 15.2 Å². The lowest BCUT2D eigenvalue weighted by Crippen LogP contribution is -2.44.